The largest absolute Gasteiger partial charge is 1.00 e. The number of benzene rings is 1. The van der Waals surface area contributed by atoms with Gasteiger partial charge in [-0.1, -0.05) is 17.7 Å². The Labute approximate surface area is 123 Å². The van der Waals surface area contributed by atoms with Gasteiger partial charge in [0.2, 0.25) is 0 Å². The third-order valence-electron chi connectivity index (χ3n) is 1.76. The topological polar surface area (TPSA) is 23.8 Å². The van der Waals surface area contributed by atoms with Crippen molar-refractivity contribution in [1.82, 2.24) is 0 Å². The fraction of sp³-hybridized carbons (Fsp3) is 0.125. The summed E-state index contributed by atoms with van der Waals surface area (Å²) in [6, 6.07) is 5.25. The zero-order chi connectivity index (χ0) is 10.1. The maximum absolute atomic E-state index is 12.3. The first-order valence-electron chi connectivity index (χ1n) is 3.65. The van der Waals surface area contributed by atoms with Gasteiger partial charge in [-0.05, 0) is 13.0 Å². The first-order chi connectivity index (χ1) is 5.95. The second kappa shape index (κ2) is 5.33. The summed E-state index contributed by atoms with van der Waals surface area (Å²) >= 11 is 0. The van der Waals surface area contributed by atoms with Gasteiger partial charge in [-0.2, -0.15) is 5.26 Å². The second-order valence-corrected chi connectivity index (χ2v) is 2.76. The molecule has 1 aromatic carbocycles. The van der Waals surface area contributed by atoms with E-state index in [4.69, 9.17) is 5.26 Å². The molecule has 0 N–H and O–H groups in total. The number of halogens is 3. The Morgan fingerprint density at radius 3 is 2.29 bits per heavy atom. The minimum Gasteiger partial charge on any atom is -0.445 e. The Morgan fingerprint density at radius 2 is 1.86 bits per heavy atom. The van der Waals surface area contributed by atoms with Crippen LogP contribution in [0.3, 0.4) is 0 Å². The van der Waals surface area contributed by atoms with Crippen LogP contribution < -0.4 is 56.8 Å². The monoisotopic (exact) mass is 223 g/mol. The molecular formula is C8H6BF3KN. The van der Waals surface area contributed by atoms with Crippen LogP contribution in [-0.4, -0.2) is 6.98 Å². The summed E-state index contributed by atoms with van der Waals surface area (Å²) in [7, 11) is 0. The van der Waals surface area contributed by atoms with Gasteiger partial charge in [0, 0.05) is 5.56 Å². The van der Waals surface area contributed by atoms with E-state index in [9.17, 15) is 12.9 Å². The van der Waals surface area contributed by atoms with Gasteiger partial charge >= 0.3 is 58.4 Å². The van der Waals surface area contributed by atoms with Crippen LogP contribution in [0.2, 0.25) is 0 Å². The van der Waals surface area contributed by atoms with E-state index < -0.39 is 12.4 Å². The van der Waals surface area contributed by atoms with Crippen molar-refractivity contribution in [2.24, 2.45) is 0 Å². The van der Waals surface area contributed by atoms with Gasteiger partial charge in [-0.25, -0.2) is 0 Å². The van der Waals surface area contributed by atoms with Crippen LogP contribution in [0.5, 0.6) is 0 Å². The summed E-state index contributed by atoms with van der Waals surface area (Å²) in [5, 5.41) is 8.41. The maximum Gasteiger partial charge on any atom is 1.00 e. The average molecular weight is 223 g/mol. The van der Waals surface area contributed by atoms with Crippen LogP contribution >= 0.6 is 0 Å². The Morgan fingerprint density at radius 1 is 1.29 bits per heavy atom. The van der Waals surface area contributed by atoms with Crippen LogP contribution in [0.25, 0.3) is 0 Å². The van der Waals surface area contributed by atoms with Gasteiger partial charge in [0.25, 0.3) is 0 Å². The zero-order valence-corrected chi connectivity index (χ0v) is 11.0. The quantitative estimate of drug-likeness (QED) is 0.556. The van der Waals surface area contributed by atoms with E-state index in [1.807, 2.05) is 0 Å². The van der Waals surface area contributed by atoms with Crippen molar-refractivity contribution in [3.05, 3.63) is 29.3 Å². The molecule has 0 saturated carbocycles. The van der Waals surface area contributed by atoms with Crippen molar-refractivity contribution in [3.8, 4) is 6.07 Å². The molecule has 0 amide bonds. The molecule has 0 heterocycles. The van der Waals surface area contributed by atoms with Gasteiger partial charge < -0.3 is 12.9 Å². The third kappa shape index (κ3) is 3.41. The maximum atomic E-state index is 12.3. The summed E-state index contributed by atoms with van der Waals surface area (Å²) in [6.45, 7) is -3.63. The average Bonchev–Trinajstić information content (AvgIpc) is 2.03. The smallest absolute Gasteiger partial charge is 0.445 e. The molecule has 0 spiro atoms. The van der Waals surface area contributed by atoms with E-state index in [0.717, 1.165) is 6.07 Å². The summed E-state index contributed by atoms with van der Waals surface area (Å²) in [5.41, 5.74) is -0.481. The van der Waals surface area contributed by atoms with E-state index in [-0.39, 0.29) is 62.5 Å². The normalized spacial score (nSPS) is 10.2. The van der Waals surface area contributed by atoms with Crippen molar-refractivity contribution in [2.45, 2.75) is 6.92 Å². The molecule has 0 fully saturated rings. The molecule has 1 aromatic rings. The van der Waals surface area contributed by atoms with E-state index in [1.54, 1.807) is 6.07 Å². The standard InChI is InChI=1S/C8H6BF3N.K/c1-6-2-3-7(5-13)4-8(6)9(10,11)12;/h2-4H,1H3;/q-1;+1. The van der Waals surface area contributed by atoms with E-state index >= 15 is 0 Å². The molecule has 1 nitrogen and oxygen atoms in total. The number of rotatable bonds is 1. The van der Waals surface area contributed by atoms with Gasteiger partial charge in [0.05, 0.1) is 6.07 Å². The number of hydrogen-bond acceptors (Lipinski definition) is 1. The molecule has 68 valence electrons. The van der Waals surface area contributed by atoms with Crippen molar-refractivity contribution < 1.29 is 64.3 Å². The van der Waals surface area contributed by atoms with Crippen LogP contribution in [0, 0.1) is 18.3 Å². The molecular weight excluding hydrogens is 217 g/mol. The molecule has 14 heavy (non-hydrogen) atoms. The predicted octanol–water partition coefficient (Wildman–Crippen LogP) is -1.07. The van der Waals surface area contributed by atoms with Gasteiger partial charge in [0.15, 0.2) is 0 Å². The molecule has 0 radical (unpaired) electrons. The van der Waals surface area contributed by atoms with Crippen LogP contribution in [0.15, 0.2) is 18.2 Å². The van der Waals surface area contributed by atoms with Gasteiger partial charge in [0.1, 0.15) is 0 Å². The zero-order valence-electron chi connectivity index (χ0n) is 7.89. The fourth-order valence-electron chi connectivity index (χ4n) is 1.06. The van der Waals surface area contributed by atoms with Gasteiger partial charge in [-0.3, -0.25) is 0 Å². The van der Waals surface area contributed by atoms with Crippen molar-refractivity contribution >= 4 is 12.4 Å². The van der Waals surface area contributed by atoms with E-state index in [2.05, 4.69) is 0 Å². The molecule has 0 saturated heterocycles. The number of nitriles is 1. The molecule has 0 aliphatic carbocycles. The molecule has 0 aliphatic rings. The van der Waals surface area contributed by atoms with Crippen molar-refractivity contribution in [1.29, 1.82) is 5.26 Å². The fourth-order valence-corrected chi connectivity index (χ4v) is 1.06. The molecule has 0 unspecified atom stereocenters. The molecule has 0 aromatic heterocycles. The minimum atomic E-state index is -5.01. The molecule has 0 bridgehead atoms. The summed E-state index contributed by atoms with van der Waals surface area (Å²) in [5.74, 6) is 0. The van der Waals surface area contributed by atoms with Crippen molar-refractivity contribution in [3.63, 3.8) is 0 Å². The third-order valence-corrected chi connectivity index (χ3v) is 1.76. The summed E-state index contributed by atoms with van der Waals surface area (Å²) in [4.78, 5) is 0. The Bertz CT molecular complexity index is 370. The molecule has 0 atom stereocenters. The SMILES string of the molecule is Cc1ccc(C#N)cc1[B-](F)(F)F.[K+]. The Hall–Kier alpha value is 0.201. The van der Waals surface area contributed by atoms with Gasteiger partial charge in [-0.15, -0.1) is 5.46 Å². The summed E-state index contributed by atoms with van der Waals surface area (Å²) in [6.07, 6.45) is 0. The molecule has 6 heteroatoms. The van der Waals surface area contributed by atoms with Crippen LogP contribution in [0.1, 0.15) is 11.1 Å². The first-order valence-corrected chi connectivity index (χ1v) is 3.65. The molecule has 0 aliphatic heterocycles. The second-order valence-electron chi connectivity index (χ2n) is 2.76. The number of hydrogen-bond donors (Lipinski definition) is 0. The molecule has 1 rings (SSSR count). The minimum absolute atomic E-state index is 0. The van der Waals surface area contributed by atoms with E-state index in [1.165, 1.54) is 19.1 Å². The van der Waals surface area contributed by atoms with Crippen LogP contribution in [0.4, 0.5) is 12.9 Å². The predicted molar refractivity (Wildman–Crippen MR) is 44.6 cm³/mol. The van der Waals surface area contributed by atoms with E-state index in [0.29, 0.717) is 0 Å². The van der Waals surface area contributed by atoms with Crippen LogP contribution in [-0.2, 0) is 0 Å². The Balaban J connectivity index is 0.00000169. The summed E-state index contributed by atoms with van der Waals surface area (Å²) < 4.78 is 37.0. The number of aryl methyl sites for hydroxylation is 1. The van der Waals surface area contributed by atoms with Crippen molar-refractivity contribution in [2.75, 3.05) is 0 Å². The first kappa shape index (κ1) is 14.2. The number of nitrogens with zero attached hydrogens (tertiary/aromatic N) is 1. The Kier molecular flexibility index (Phi) is 5.41.